The molecular formula is C23H23FN10O. The number of nitrogens with zero attached hydrogens (tertiary/aromatic N) is 9. The molecule has 0 saturated heterocycles. The normalized spacial score (nSPS) is 14.5. The summed E-state index contributed by atoms with van der Waals surface area (Å²) >= 11 is 0. The molecule has 178 valence electrons. The quantitative estimate of drug-likeness (QED) is 0.363. The fourth-order valence-electron chi connectivity index (χ4n) is 4.27. The van der Waals surface area contributed by atoms with Crippen molar-refractivity contribution in [2.24, 2.45) is 5.73 Å². The fraction of sp³-hybridized carbons (Fsp3) is 0.304. The van der Waals surface area contributed by atoms with Crippen LogP contribution in [0.1, 0.15) is 47.3 Å². The van der Waals surface area contributed by atoms with E-state index in [1.807, 2.05) is 12.3 Å². The van der Waals surface area contributed by atoms with Gasteiger partial charge in [0.15, 0.2) is 11.6 Å². The first-order chi connectivity index (χ1) is 17.1. The van der Waals surface area contributed by atoms with E-state index in [-0.39, 0.29) is 12.2 Å². The molecule has 4 aromatic heterocycles. The van der Waals surface area contributed by atoms with E-state index in [9.17, 15) is 0 Å². The van der Waals surface area contributed by atoms with Crippen LogP contribution in [-0.4, -0.2) is 51.7 Å². The van der Waals surface area contributed by atoms with Gasteiger partial charge in [-0.25, -0.2) is 18.7 Å². The lowest BCUT2D eigenvalue weighted by Gasteiger charge is -2.15. The van der Waals surface area contributed by atoms with Gasteiger partial charge in [-0.05, 0) is 59.4 Å². The molecule has 2 N–H and O–H groups in total. The highest BCUT2D eigenvalue weighted by molar-refractivity contribution is 5.47. The standard InChI is InChI=1S/C23H23FN10O/c1-35-21-6-5-20(34-13-26-29-31-34)17(23(21)24)8-18(25)19-12-33(30-28-19)11-16-10-32-9-15(14-2-3-14)4-7-22(32)27-16/h4-7,9-10,12-14,18H,2-3,8,11,25H2,1H3. The third-order valence-electron chi connectivity index (χ3n) is 6.26. The van der Waals surface area contributed by atoms with Crippen molar-refractivity contribution in [2.75, 3.05) is 7.11 Å². The van der Waals surface area contributed by atoms with Crippen molar-refractivity contribution in [1.82, 2.24) is 44.6 Å². The molecule has 5 aromatic rings. The number of methoxy groups -OCH3 is 1. The average Bonchev–Trinajstić information content (AvgIpc) is 3.23. The van der Waals surface area contributed by atoms with E-state index >= 15 is 4.39 Å². The molecule has 1 fully saturated rings. The Morgan fingerprint density at radius 1 is 1.14 bits per heavy atom. The lowest BCUT2D eigenvalue weighted by Crippen LogP contribution is -2.17. The number of imidazole rings is 1. The van der Waals surface area contributed by atoms with Gasteiger partial charge in [0.1, 0.15) is 12.0 Å². The number of hydrogen-bond acceptors (Lipinski definition) is 8. The van der Waals surface area contributed by atoms with E-state index in [1.165, 1.54) is 42.6 Å². The van der Waals surface area contributed by atoms with E-state index in [4.69, 9.17) is 10.5 Å². The summed E-state index contributed by atoms with van der Waals surface area (Å²) in [7, 11) is 1.41. The summed E-state index contributed by atoms with van der Waals surface area (Å²) in [5.41, 5.74) is 10.9. The summed E-state index contributed by atoms with van der Waals surface area (Å²) < 4.78 is 25.4. The molecule has 11 nitrogen and oxygen atoms in total. The molecule has 4 heterocycles. The van der Waals surface area contributed by atoms with Crippen LogP contribution in [0, 0.1) is 5.82 Å². The second-order valence-corrected chi connectivity index (χ2v) is 8.72. The zero-order valence-electron chi connectivity index (χ0n) is 19.0. The van der Waals surface area contributed by atoms with Crippen molar-refractivity contribution < 1.29 is 9.13 Å². The average molecular weight is 475 g/mol. The SMILES string of the molecule is COc1ccc(-n2cnnn2)c(CC(N)c2cn(Cc3cn4cc(C5CC5)ccc4n3)nn2)c1F. The van der Waals surface area contributed by atoms with E-state index in [0.717, 1.165) is 11.3 Å². The zero-order chi connectivity index (χ0) is 23.9. The van der Waals surface area contributed by atoms with Crippen LogP contribution in [0.3, 0.4) is 0 Å². The smallest absolute Gasteiger partial charge is 0.170 e. The Bertz CT molecular complexity index is 1490. The molecule has 1 aliphatic carbocycles. The zero-order valence-corrected chi connectivity index (χ0v) is 19.0. The number of fused-ring (bicyclic) bond motifs is 1. The molecule has 35 heavy (non-hydrogen) atoms. The summed E-state index contributed by atoms with van der Waals surface area (Å²) in [6.45, 7) is 0.448. The number of pyridine rings is 1. The predicted molar refractivity (Wildman–Crippen MR) is 123 cm³/mol. The summed E-state index contributed by atoms with van der Waals surface area (Å²) in [6, 6.07) is 6.81. The molecule has 1 aliphatic rings. The molecule has 12 heteroatoms. The Labute approximate surface area is 199 Å². The van der Waals surface area contributed by atoms with Crippen LogP contribution in [-0.2, 0) is 13.0 Å². The second-order valence-electron chi connectivity index (χ2n) is 8.72. The Hall–Kier alpha value is -4.19. The van der Waals surface area contributed by atoms with Crippen LogP contribution in [0.15, 0.2) is 49.2 Å². The maximum Gasteiger partial charge on any atom is 0.170 e. The van der Waals surface area contributed by atoms with Crippen LogP contribution in [0.4, 0.5) is 4.39 Å². The van der Waals surface area contributed by atoms with E-state index in [1.54, 1.807) is 16.9 Å². The number of halogens is 1. The van der Waals surface area contributed by atoms with Crippen LogP contribution >= 0.6 is 0 Å². The third kappa shape index (κ3) is 4.12. The van der Waals surface area contributed by atoms with Crippen molar-refractivity contribution in [3.63, 3.8) is 0 Å². The largest absolute Gasteiger partial charge is 0.494 e. The molecule has 0 spiro atoms. The highest BCUT2D eigenvalue weighted by Gasteiger charge is 2.24. The number of benzene rings is 1. The van der Waals surface area contributed by atoms with Gasteiger partial charge in [-0.1, -0.05) is 11.3 Å². The minimum Gasteiger partial charge on any atom is -0.494 e. The van der Waals surface area contributed by atoms with Crippen LogP contribution < -0.4 is 10.5 Å². The number of rotatable bonds is 8. The Morgan fingerprint density at radius 2 is 2.03 bits per heavy atom. The maximum absolute atomic E-state index is 15.2. The van der Waals surface area contributed by atoms with Crippen molar-refractivity contribution in [2.45, 2.75) is 37.8 Å². The monoisotopic (exact) mass is 474 g/mol. The molecule has 1 aromatic carbocycles. The van der Waals surface area contributed by atoms with Crippen LogP contribution in [0.2, 0.25) is 0 Å². The van der Waals surface area contributed by atoms with Crippen molar-refractivity contribution in [3.05, 3.63) is 77.5 Å². The third-order valence-corrected chi connectivity index (χ3v) is 6.26. The second kappa shape index (κ2) is 8.55. The van der Waals surface area contributed by atoms with Gasteiger partial charge in [-0.3, -0.25) is 0 Å². The molecule has 1 atom stereocenters. The number of aromatic nitrogens is 9. The predicted octanol–water partition coefficient (Wildman–Crippen LogP) is 2.22. The molecule has 0 amide bonds. The molecule has 0 radical (unpaired) electrons. The van der Waals surface area contributed by atoms with Gasteiger partial charge >= 0.3 is 0 Å². The van der Waals surface area contributed by atoms with Gasteiger partial charge in [0.05, 0.1) is 43.0 Å². The molecule has 1 saturated carbocycles. The van der Waals surface area contributed by atoms with Gasteiger partial charge < -0.3 is 14.9 Å². The fourth-order valence-corrected chi connectivity index (χ4v) is 4.27. The Balaban J connectivity index is 1.22. The minimum atomic E-state index is -0.609. The number of ether oxygens (including phenoxy) is 1. The van der Waals surface area contributed by atoms with Gasteiger partial charge in [-0.15, -0.1) is 10.2 Å². The van der Waals surface area contributed by atoms with Gasteiger partial charge in [-0.2, -0.15) is 0 Å². The van der Waals surface area contributed by atoms with E-state index < -0.39 is 11.9 Å². The van der Waals surface area contributed by atoms with Crippen molar-refractivity contribution in [1.29, 1.82) is 0 Å². The van der Waals surface area contributed by atoms with Crippen molar-refractivity contribution in [3.8, 4) is 11.4 Å². The summed E-state index contributed by atoms with van der Waals surface area (Å²) in [6.07, 6.45) is 9.98. The maximum atomic E-state index is 15.2. The van der Waals surface area contributed by atoms with Crippen LogP contribution in [0.25, 0.3) is 11.3 Å². The Kier molecular flexibility index (Phi) is 5.21. The lowest BCUT2D eigenvalue weighted by atomic mass is 10.0. The molecular weight excluding hydrogens is 451 g/mol. The summed E-state index contributed by atoms with van der Waals surface area (Å²) in [5.74, 6) is 0.281. The highest BCUT2D eigenvalue weighted by Crippen LogP contribution is 2.39. The van der Waals surface area contributed by atoms with E-state index in [2.05, 4.69) is 47.5 Å². The molecule has 6 rings (SSSR count). The molecule has 1 unspecified atom stereocenters. The van der Waals surface area contributed by atoms with Crippen LogP contribution in [0.5, 0.6) is 5.75 Å². The highest BCUT2D eigenvalue weighted by atomic mass is 19.1. The first-order valence-electron chi connectivity index (χ1n) is 11.3. The lowest BCUT2D eigenvalue weighted by molar-refractivity contribution is 0.383. The number of tetrazole rings is 1. The van der Waals surface area contributed by atoms with Crippen molar-refractivity contribution >= 4 is 5.65 Å². The minimum absolute atomic E-state index is 0.115. The van der Waals surface area contributed by atoms with Gasteiger partial charge in [0.25, 0.3) is 0 Å². The molecule has 0 aliphatic heterocycles. The Morgan fingerprint density at radius 3 is 2.80 bits per heavy atom. The first-order valence-corrected chi connectivity index (χ1v) is 11.3. The number of hydrogen-bond donors (Lipinski definition) is 1. The first kappa shape index (κ1) is 21.4. The topological polar surface area (TPSA) is 127 Å². The summed E-state index contributed by atoms with van der Waals surface area (Å²) in [4.78, 5) is 4.68. The summed E-state index contributed by atoms with van der Waals surface area (Å²) in [5, 5.41) is 19.6. The van der Waals surface area contributed by atoms with Gasteiger partial charge in [0.2, 0.25) is 0 Å². The number of nitrogens with two attached hydrogens (primary N) is 1. The van der Waals surface area contributed by atoms with E-state index in [0.29, 0.717) is 29.4 Å². The van der Waals surface area contributed by atoms with Gasteiger partial charge in [0, 0.05) is 18.0 Å². The molecule has 0 bridgehead atoms.